The number of nitrogens with one attached hydrogen (secondary N) is 1. The summed E-state index contributed by atoms with van der Waals surface area (Å²) < 4.78 is 0. The zero-order chi connectivity index (χ0) is 13.8. The molecule has 0 amide bonds. The molecule has 1 fully saturated rings. The summed E-state index contributed by atoms with van der Waals surface area (Å²) in [6.45, 7) is 1.88. The normalized spacial score (nSPS) is 23.1. The number of rotatable bonds is 4. The number of para-hydroxylation sites is 1. The Hall–Kier alpha value is -1.12. The number of benzene rings is 1. The maximum absolute atomic E-state index is 6.41. The molecule has 0 bridgehead atoms. The number of pyridine rings is 1. The van der Waals surface area contributed by atoms with Gasteiger partial charge in [-0.1, -0.05) is 37.1 Å². The Morgan fingerprint density at radius 1 is 1.15 bits per heavy atom. The van der Waals surface area contributed by atoms with Crippen LogP contribution in [0, 0.1) is 5.92 Å². The Balaban J connectivity index is 1.62. The lowest BCUT2D eigenvalue weighted by Crippen LogP contribution is -2.30. The third kappa shape index (κ3) is 3.13. The highest BCUT2D eigenvalue weighted by molar-refractivity contribution is 6.20. The van der Waals surface area contributed by atoms with Crippen LogP contribution in [0.5, 0.6) is 0 Å². The fourth-order valence-corrected chi connectivity index (χ4v) is 3.46. The van der Waals surface area contributed by atoms with Crippen LogP contribution >= 0.6 is 11.6 Å². The Morgan fingerprint density at radius 2 is 2.00 bits per heavy atom. The lowest BCUT2D eigenvalue weighted by molar-refractivity contribution is 0.348. The molecule has 20 heavy (non-hydrogen) atoms. The van der Waals surface area contributed by atoms with Crippen LogP contribution in [0.1, 0.15) is 31.2 Å². The van der Waals surface area contributed by atoms with Gasteiger partial charge in [0.1, 0.15) is 0 Å². The summed E-state index contributed by atoms with van der Waals surface area (Å²) in [6.07, 6.45) is 6.91. The summed E-state index contributed by atoms with van der Waals surface area (Å²) in [4.78, 5) is 4.50. The van der Waals surface area contributed by atoms with Crippen molar-refractivity contribution in [2.45, 2.75) is 37.6 Å². The molecule has 1 aromatic heterocycles. The second kappa shape index (κ2) is 6.55. The molecule has 2 nitrogen and oxygen atoms in total. The van der Waals surface area contributed by atoms with Gasteiger partial charge in [0.2, 0.25) is 0 Å². The van der Waals surface area contributed by atoms with Crippen LogP contribution < -0.4 is 5.32 Å². The molecule has 0 saturated heterocycles. The minimum absolute atomic E-state index is 0.349. The highest BCUT2D eigenvalue weighted by Crippen LogP contribution is 2.28. The number of aromatic nitrogens is 1. The van der Waals surface area contributed by atoms with Gasteiger partial charge in [0.05, 0.1) is 5.52 Å². The number of alkyl halides is 1. The topological polar surface area (TPSA) is 24.9 Å². The van der Waals surface area contributed by atoms with Gasteiger partial charge in [-0.05, 0) is 36.9 Å². The molecular weight excluding hydrogens is 268 g/mol. The molecule has 106 valence electrons. The van der Waals surface area contributed by atoms with E-state index in [0.29, 0.717) is 11.3 Å². The molecule has 0 radical (unpaired) electrons. The van der Waals surface area contributed by atoms with Gasteiger partial charge in [0, 0.05) is 23.5 Å². The summed E-state index contributed by atoms with van der Waals surface area (Å²) in [7, 11) is 0. The quantitative estimate of drug-likeness (QED) is 0.856. The summed E-state index contributed by atoms with van der Waals surface area (Å²) >= 11 is 6.41. The second-order valence-corrected chi connectivity index (χ2v) is 6.24. The van der Waals surface area contributed by atoms with Crippen molar-refractivity contribution in [2.24, 2.45) is 5.92 Å². The number of fused-ring (bicyclic) bond motifs is 1. The number of nitrogens with zero attached hydrogens (tertiary/aromatic N) is 1. The predicted octanol–water partition coefficient (Wildman–Crippen LogP) is 4.12. The highest BCUT2D eigenvalue weighted by atomic mass is 35.5. The number of halogens is 1. The van der Waals surface area contributed by atoms with Gasteiger partial charge in [-0.25, -0.2) is 0 Å². The fourth-order valence-electron chi connectivity index (χ4n) is 3.09. The van der Waals surface area contributed by atoms with Crippen molar-refractivity contribution in [1.29, 1.82) is 0 Å². The van der Waals surface area contributed by atoms with E-state index in [0.717, 1.165) is 18.6 Å². The van der Waals surface area contributed by atoms with E-state index < -0.39 is 0 Å². The van der Waals surface area contributed by atoms with Crippen LogP contribution in [0.15, 0.2) is 36.5 Å². The first-order valence-corrected chi connectivity index (χ1v) is 7.95. The van der Waals surface area contributed by atoms with Crippen molar-refractivity contribution in [2.75, 3.05) is 6.54 Å². The van der Waals surface area contributed by atoms with Gasteiger partial charge in [0.15, 0.2) is 0 Å². The van der Waals surface area contributed by atoms with Crippen LogP contribution in [-0.2, 0) is 6.54 Å². The molecule has 2 aromatic rings. The van der Waals surface area contributed by atoms with Gasteiger partial charge in [0.25, 0.3) is 0 Å². The average Bonchev–Trinajstić information content (AvgIpc) is 2.49. The second-order valence-electron chi connectivity index (χ2n) is 5.68. The summed E-state index contributed by atoms with van der Waals surface area (Å²) in [6, 6.07) is 10.5. The smallest absolute Gasteiger partial charge is 0.0746 e. The summed E-state index contributed by atoms with van der Waals surface area (Å²) in [5.74, 6) is 0.619. The Morgan fingerprint density at radius 3 is 2.90 bits per heavy atom. The maximum atomic E-state index is 6.41. The van der Waals surface area contributed by atoms with E-state index in [1.807, 2.05) is 12.3 Å². The number of hydrogen-bond acceptors (Lipinski definition) is 2. The van der Waals surface area contributed by atoms with E-state index >= 15 is 0 Å². The van der Waals surface area contributed by atoms with Gasteiger partial charge in [-0.2, -0.15) is 0 Å². The first kappa shape index (κ1) is 13.8. The monoisotopic (exact) mass is 288 g/mol. The minimum atomic E-state index is 0.349. The molecule has 1 aromatic carbocycles. The fraction of sp³-hybridized carbons (Fsp3) is 0.471. The Kier molecular flexibility index (Phi) is 4.54. The van der Waals surface area contributed by atoms with Crippen LogP contribution in [0.4, 0.5) is 0 Å². The third-order valence-electron chi connectivity index (χ3n) is 4.25. The third-order valence-corrected chi connectivity index (χ3v) is 4.83. The molecule has 3 heteroatoms. The van der Waals surface area contributed by atoms with Crippen molar-refractivity contribution in [3.05, 3.63) is 42.1 Å². The largest absolute Gasteiger partial charge is 0.312 e. The van der Waals surface area contributed by atoms with Crippen LogP contribution in [0.2, 0.25) is 0 Å². The molecule has 0 spiro atoms. The SMILES string of the molecule is ClC1CCCCC1CNCc1cccc2cccnc12. The molecule has 1 heterocycles. The zero-order valence-corrected chi connectivity index (χ0v) is 12.4. The molecule has 0 aliphatic heterocycles. The van der Waals surface area contributed by atoms with Gasteiger partial charge < -0.3 is 5.32 Å². The lowest BCUT2D eigenvalue weighted by Gasteiger charge is -2.27. The van der Waals surface area contributed by atoms with Crippen molar-refractivity contribution in [1.82, 2.24) is 10.3 Å². The molecule has 2 unspecified atom stereocenters. The standard InChI is InChI=1S/C17H21ClN2/c18-16-9-2-1-5-14(16)11-19-12-15-7-3-6-13-8-4-10-20-17(13)15/h3-4,6-8,10,14,16,19H,1-2,5,9,11-12H2. The van der Waals surface area contributed by atoms with E-state index in [-0.39, 0.29) is 0 Å². The van der Waals surface area contributed by atoms with E-state index in [1.165, 1.54) is 36.6 Å². The average molecular weight is 289 g/mol. The first-order chi connectivity index (χ1) is 9.84. The first-order valence-electron chi connectivity index (χ1n) is 7.52. The van der Waals surface area contributed by atoms with Crippen molar-refractivity contribution in [3.8, 4) is 0 Å². The molecule has 1 aliphatic rings. The van der Waals surface area contributed by atoms with E-state index in [9.17, 15) is 0 Å². The van der Waals surface area contributed by atoms with E-state index in [1.54, 1.807) is 0 Å². The molecule has 1 aliphatic carbocycles. The predicted molar refractivity (Wildman–Crippen MR) is 85.0 cm³/mol. The Bertz CT molecular complexity index is 564. The van der Waals surface area contributed by atoms with Crippen molar-refractivity contribution < 1.29 is 0 Å². The molecule has 1 N–H and O–H groups in total. The highest BCUT2D eigenvalue weighted by Gasteiger charge is 2.22. The van der Waals surface area contributed by atoms with E-state index in [4.69, 9.17) is 11.6 Å². The maximum Gasteiger partial charge on any atom is 0.0746 e. The Labute approximate surface area is 125 Å². The van der Waals surface area contributed by atoms with Gasteiger partial charge in [-0.3, -0.25) is 4.98 Å². The molecule has 1 saturated carbocycles. The van der Waals surface area contributed by atoms with Crippen LogP contribution in [-0.4, -0.2) is 16.9 Å². The van der Waals surface area contributed by atoms with Gasteiger partial charge >= 0.3 is 0 Å². The number of hydrogen-bond donors (Lipinski definition) is 1. The van der Waals surface area contributed by atoms with Crippen LogP contribution in [0.3, 0.4) is 0 Å². The molecule has 2 atom stereocenters. The summed E-state index contributed by atoms with van der Waals surface area (Å²) in [5, 5.41) is 5.13. The van der Waals surface area contributed by atoms with Crippen molar-refractivity contribution in [3.63, 3.8) is 0 Å². The minimum Gasteiger partial charge on any atom is -0.312 e. The van der Waals surface area contributed by atoms with Crippen LogP contribution in [0.25, 0.3) is 10.9 Å². The lowest BCUT2D eigenvalue weighted by atomic mass is 9.88. The zero-order valence-electron chi connectivity index (χ0n) is 11.7. The van der Waals surface area contributed by atoms with Crippen molar-refractivity contribution >= 4 is 22.5 Å². The van der Waals surface area contributed by atoms with E-state index in [2.05, 4.69) is 34.6 Å². The molecule has 3 rings (SSSR count). The summed E-state index contributed by atoms with van der Waals surface area (Å²) in [5.41, 5.74) is 2.37. The van der Waals surface area contributed by atoms with Gasteiger partial charge in [-0.15, -0.1) is 11.6 Å². The molecular formula is C17H21ClN2.